The van der Waals surface area contributed by atoms with Crippen LogP contribution in [0.1, 0.15) is 30.1 Å². The zero-order valence-corrected chi connectivity index (χ0v) is 13.0. The number of nitrogens with zero attached hydrogens (tertiary/aromatic N) is 3. The molecule has 3 rings (SSSR count). The number of amides is 1. The Labute approximate surface area is 134 Å². The van der Waals surface area contributed by atoms with Crippen molar-refractivity contribution in [2.75, 3.05) is 23.3 Å². The predicted octanol–water partition coefficient (Wildman–Crippen LogP) is 3.10. The minimum Gasteiger partial charge on any atom is -0.341 e. The molecule has 6 heteroatoms. The van der Waals surface area contributed by atoms with Gasteiger partial charge in [0, 0.05) is 31.2 Å². The molecular formula is C17H19FN4O. The van der Waals surface area contributed by atoms with Crippen LogP contribution in [0.4, 0.5) is 16.0 Å². The third-order valence-corrected chi connectivity index (χ3v) is 4.05. The van der Waals surface area contributed by atoms with Gasteiger partial charge in [-0.05, 0) is 37.0 Å². The van der Waals surface area contributed by atoms with Crippen LogP contribution in [0, 0.1) is 11.7 Å². The fourth-order valence-electron chi connectivity index (χ4n) is 2.58. The molecule has 2 aromatic rings. The molecule has 1 amide bonds. The molecule has 0 aliphatic carbocycles. The fourth-order valence-corrected chi connectivity index (χ4v) is 2.58. The second-order valence-corrected chi connectivity index (χ2v) is 5.91. The number of hydrogen-bond donors (Lipinski definition) is 1. The number of piperidine rings is 1. The number of carbonyl (C=O) groups is 1. The van der Waals surface area contributed by atoms with Crippen LogP contribution in [-0.2, 0) is 0 Å². The molecule has 1 aliphatic rings. The van der Waals surface area contributed by atoms with Gasteiger partial charge in [0.15, 0.2) is 0 Å². The highest BCUT2D eigenvalue weighted by Gasteiger charge is 2.18. The Kier molecular flexibility index (Phi) is 4.50. The van der Waals surface area contributed by atoms with Crippen LogP contribution in [0.3, 0.4) is 0 Å². The molecule has 1 aromatic carbocycles. The highest BCUT2D eigenvalue weighted by atomic mass is 19.1. The first kappa shape index (κ1) is 15.4. The first-order valence-corrected chi connectivity index (χ1v) is 7.76. The van der Waals surface area contributed by atoms with Crippen molar-refractivity contribution >= 4 is 17.5 Å². The van der Waals surface area contributed by atoms with Gasteiger partial charge in [0.1, 0.15) is 5.82 Å². The number of hydrogen-bond acceptors (Lipinski definition) is 4. The third kappa shape index (κ3) is 3.83. The summed E-state index contributed by atoms with van der Waals surface area (Å²) in [6.45, 7) is 4.13. The lowest BCUT2D eigenvalue weighted by molar-refractivity contribution is 0.102. The van der Waals surface area contributed by atoms with E-state index < -0.39 is 5.82 Å². The van der Waals surface area contributed by atoms with Gasteiger partial charge in [-0.15, -0.1) is 0 Å². The van der Waals surface area contributed by atoms with Gasteiger partial charge < -0.3 is 10.2 Å². The summed E-state index contributed by atoms with van der Waals surface area (Å²) in [5, 5.41) is 2.63. The Bertz CT molecular complexity index is 681. The first-order valence-electron chi connectivity index (χ1n) is 7.76. The van der Waals surface area contributed by atoms with Crippen molar-refractivity contribution in [2.45, 2.75) is 19.8 Å². The van der Waals surface area contributed by atoms with Crippen LogP contribution in [0.25, 0.3) is 0 Å². The number of anilines is 2. The largest absolute Gasteiger partial charge is 0.341 e. The van der Waals surface area contributed by atoms with Gasteiger partial charge in [0.2, 0.25) is 5.95 Å². The number of aromatic nitrogens is 2. The monoisotopic (exact) mass is 314 g/mol. The highest BCUT2D eigenvalue weighted by Crippen LogP contribution is 2.19. The number of nitrogens with one attached hydrogen (secondary N) is 1. The maximum atomic E-state index is 13.1. The van der Waals surface area contributed by atoms with Gasteiger partial charge in [-0.2, -0.15) is 0 Å². The molecule has 1 aromatic heterocycles. The van der Waals surface area contributed by atoms with Gasteiger partial charge in [-0.3, -0.25) is 4.79 Å². The summed E-state index contributed by atoms with van der Waals surface area (Å²) in [4.78, 5) is 22.8. The lowest BCUT2D eigenvalue weighted by Crippen LogP contribution is -2.34. The third-order valence-electron chi connectivity index (χ3n) is 4.05. The average Bonchev–Trinajstić information content (AvgIpc) is 2.56. The van der Waals surface area contributed by atoms with Crippen molar-refractivity contribution in [3.8, 4) is 0 Å². The van der Waals surface area contributed by atoms with Gasteiger partial charge >= 0.3 is 0 Å². The maximum Gasteiger partial charge on any atom is 0.258 e. The fraction of sp³-hybridized carbons (Fsp3) is 0.353. The van der Waals surface area contributed by atoms with Gasteiger partial charge in [0.25, 0.3) is 5.91 Å². The molecule has 0 radical (unpaired) electrons. The van der Waals surface area contributed by atoms with E-state index in [1.54, 1.807) is 12.1 Å². The van der Waals surface area contributed by atoms with Gasteiger partial charge in [0.05, 0.1) is 5.56 Å². The summed E-state index contributed by atoms with van der Waals surface area (Å²) >= 11 is 0. The predicted molar refractivity (Wildman–Crippen MR) is 87.0 cm³/mol. The lowest BCUT2D eigenvalue weighted by Gasteiger charge is -2.30. The summed E-state index contributed by atoms with van der Waals surface area (Å²) in [6.07, 6.45) is 5.28. The smallest absolute Gasteiger partial charge is 0.258 e. The Balaban J connectivity index is 1.65. The Morgan fingerprint density at radius 3 is 2.61 bits per heavy atom. The summed E-state index contributed by atoms with van der Waals surface area (Å²) in [6, 6.07) is 5.77. The quantitative estimate of drug-likeness (QED) is 0.946. The summed E-state index contributed by atoms with van der Waals surface area (Å²) < 4.78 is 13.1. The van der Waals surface area contributed by atoms with Crippen LogP contribution in [0.2, 0.25) is 0 Å². The van der Waals surface area contributed by atoms with E-state index in [2.05, 4.69) is 27.1 Å². The standard InChI is InChI=1S/C17H19FN4O/c1-12-5-7-22(8-6-12)17-19-10-13(11-20-17)16(23)21-15-4-2-3-14(18)9-15/h2-4,9-12H,5-8H2,1H3,(H,21,23). The molecular weight excluding hydrogens is 295 g/mol. The minimum atomic E-state index is -0.395. The number of halogens is 1. The summed E-state index contributed by atoms with van der Waals surface area (Å²) in [5.41, 5.74) is 0.757. The van der Waals surface area contributed by atoms with Crippen LogP contribution < -0.4 is 10.2 Å². The minimum absolute atomic E-state index is 0.350. The number of carbonyl (C=O) groups excluding carboxylic acids is 1. The molecule has 2 heterocycles. The van der Waals surface area contributed by atoms with E-state index >= 15 is 0 Å². The molecule has 5 nitrogen and oxygen atoms in total. The van der Waals surface area contributed by atoms with Gasteiger partial charge in [-0.25, -0.2) is 14.4 Å². The van der Waals surface area contributed by atoms with E-state index in [4.69, 9.17) is 0 Å². The van der Waals surface area contributed by atoms with Crippen molar-refractivity contribution in [3.05, 3.63) is 48.0 Å². The molecule has 0 saturated carbocycles. The topological polar surface area (TPSA) is 58.1 Å². The van der Waals surface area contributed by atoms with Gasteiger partial charge in [-0.1, -0.05) is 13.0 Å². The molecule has 0 unspecified atom stereocenters. The zero-order chi connectivity index (χ0) is 16.2. The van der Waals surface area contributed by atoms with Crippen molar-refractivity contribution in [1.82, 2.24) is 9.97 Å². The second kappa shape index (κ2) is 6.73. The van der Waals surface area contributed by atoms with E-state index in [-0.39, 0.29) is 5.91 Å². The van der Waals surface area contributed by atoms with E-state index in [0.29, 0.717) is 17.2 Å². The van der Waals surface area contributed by atoms with E-state index in [1.807, 2.05) is 0 Å². The zero-order valence-electron chi connectivity index (χ0n) is 13.0. The Morgan fingerprint density at radius 2 is 1.96 bits per heavy atom. The molecule has 0 atom stereocenters. The number of rotatable bonds is 3. The Morgan fingerprint density at radius 1 is 1.26 bits per heavy atom. The lowest BCUT2D eigenvalue weighted by atomic mass is 10.00. The summed E-state index contributed by atoms with van der Waals surface area (Å²) in [7, 11) is 0. The SMILES string of the molecule is CC1CCN(c2ncc(C(=O)Nc3cccc(F)c3)cn2)CC1. The average molecular weight is 314 g/mol. The highest BCUT2D eigenvalue weighted by molar-refractivity contribution is 6.03. The van der Waals surface area contributed by atoms with Crippen LogP contribution >= 0.6 is 0 Å². The molecule has 1 aliphatic heterocycles. The molecule has 1 N–H and O–H groups in total. The van der Waals surface area contributed by atoms with Crippen molar-refractivity contribution in [1.29, 1.82) is 0 Å². The van der Waals surface area contributed by atoms with Crippen LogP contribution in [-0.4, -0.2) is 29.0 Å². The van der Waals surface area contributed by atoms with Crippen molar-refractivity contribution < 1.29 is 9.18 Å². The van der Waals surface area contributed by atoms with Crippen LogP contribution in [0.5, 0.6) is 0 Å². The Hall–Kier alpha value is -2.50. The van der Waals surface area contributed by atoms with Crippen molar-refractivity contribution in [2.24, 2.45) is 5.92 Å². The molecule has 0 spiro atoms. The molecule has 0 bridgehead atoms. The van der Waals surface area contributed by atoms with Crippen LogP contribution in [0.15, 0.2) is 36.7 Å². The van der Waals surface area contributed by atoms with Crippen molar-refractivity contribution in [3.63, 3.8) is 0 Å². The number of benzene rings is 1. The summed E-state index contributed by atoms with van der Waals surface area (Å²) in [5.74, 6) is 0.643. The normalized spacial score (nSPS) is 15.5. The van der Waals surface area contributed by atoms with E-state index in [0.717, 1.165) is 31.8 Å². The maximum absolute atomic E-state index is 13.1. The van der Waals surface area contributed by atoms with E-state index in [1.165, 1.54) is 24.5 Å². The molecule has 1 saturated heterocycles. The molecule has 120 valence electrons. The second-order valence-electron chi connectivity index (χ2n) is 5.91. The molecule has 23 heavy (non-hydrogen) atoms. The first-order chi connectivity index (χ1) is 11.1. The van der Waals surface area contributed by atoms with E-state index in [9.17, 15) is 9.18 Å². The molecule has 1 fully saturated rings.